The molecule has 1 aromatic carbocycles. The maximum atomic E-state index is 11.7. The van der Waals surface area contributed by atoms with E-state index in [1.54, 1.807) is 0 Å². The molecule has 90 valence electrons. The Kier molecular flexibility index (Phi) is 5.83. The quantitative estimate of drug-likeness (QED) is 0.230. The summed E-state index contributed by atoms with van der Waals surface area (Å²) in [6.45, 7) is 2.52. The van der Waals surface area contributed by atoms with Crippen LogP contribution in [0.4, 0.5) is 0 Å². The zero-order valence-electron chi connectivity index (χ0n) is 10.1. The summed E-state index contributed by atoms with van der Waals surface area (Å²) in [6.07, 6.45) is 3.20. The van der Waals surface area contributed by atoms with Gasteiger partial charge in [-0.1, -0.05) is 42.7 Å². The molecule has 0 aliphatic rings. The Morgan fingerprint density at radius 1 is 1.35 bits per heavy atom. The highest BCUT2D eigenvalue weighted by Crippen LogP contribution is 2.09. The van der Waals surface area contributed by atoms with E-state index in [1.807, 2.05) is 24.3 Å². The van der Waals surface area contributed by atoms with Crippen molar-refractivity contribution in [1.82, 2.24) is 0 Å². The minimum Gasteiger partial charge on any atom is -0.294 e. The number of carbonyl (C=O) groups excluding carboxylic acids is 1. The van der Waals surface area contributed by atoms with E-state index in [0.717, 1.165) is 18.4 Å². The van der Waals surface area contributed by atoms with Gasteiger partial charge in [-0.3, -0.25) is 4.79 Å². The number of azide groups is 1. The van der Waals surface area contributed by atoms with E-state index in [2.05, 4.69) is 16.9 Å². The van der Waals surface area contributed by atoms with E-state index in [9.17, 15) is 4.79 Å². The Labute approximate surface area is 101 Å². The molecule has 0 fully saturated rings. The van der Waals surface area contributed by atoms with Gasteiger partial charge in [0, 0.05) is 23.4 Å². The second-order valence-corrected chi connectivity index (χ2v) is 3.93. The molecule has 4 heteroatoms. The molecule has 0 radical (unpaired) electrons. The summed E-state index contributed by atoms with van der Waals surface area (Å²) < 4.78 is 0. The zero-order valence-corrected chi connectivity index (χ0v) is 10.1. The monoisotopic (exact) mass is 231 g/mol. The highest BCUT2D eigenvalue weighted by atomic mass is 16.1. The molecule has 0 heterocycles. The Balaban J connectivity index is 2.48. The van der Waals surface area contributed by atoms with Crippen LogP contribution in [0.25, 0.3) is 10.4 Å². The molecule has 0 aliphatic carbocycles. The average molecular weight is 231 g/mol. The lowest BCUT2D eigenvalue weighted by molar-refractivity contribution is 0.0981. The second kappa shape index (κ2) is 7.47. The molecule has 0 aliphatic heterocycles. The lowest BCUT2D eigenvalue weighted by Crippen LogP contribution is -2.00. The van der Waals surface area contributed by atoms with Crippen molar-refractivity contribution in [3.63, 3.8) is 0 Å². The molecule has 0 unspecified atom stereocenters. The molecule has 0 atom stereocenters. The largest absolute Gasteiger partial charge is 0.294 e. The van der Waals surface area contributed by atoms with E-state index in [0.29, 0.717) is 19.4 Å². The van der Waals surface area contributed by atoms with Crippen LogP contribution in [-0.2, 0) is 6.42 Å². The Hall–Kier alpha value is -1.80. The van der Waals surface area contributed by atoms with Crippen LogP contribution in [0.3, 0.4) is 0 Å². The molecule has 0 saturated heterocycles. The van der Waals surface area contributed by atoms with Gasteiger partial charge < -0.3 is 0 Å². The van der Waals surface area contributed by atoms with Crippen LogP contribution in [0.2, 0.25) is 0 Å². The SMILES string of the molecule is CCCc1ccc(C(=O)CCCN=[N+]=[N-])cc1. The molecule has 0 saturated carbocycles. The van der Waals surface area contributed by atoms with Gasteiger partial charge in [0.05, 0.1) is 0 Å². The van der Waals surface area contributed by atoms with Gasteiger partial charge in [0.1, 0.15) is 0 Å². The number of Topliss-reactive ketones (excluding diaryl/α,β-unsaturated/α-hetero) is 1. The number of hydrogen-bond donors (Lipinski definition) is 0. The smallest absolute Gasteiger partial charge is 0.162 e. The highest BCUT2D eigenvalue weighted by Gasteiger charge is 2.04. The van der Waals surface area contributed by atoms with Crippen LogP contribution in [0.5, 0.6) is 0 Å². The van der Waals surface area contributed by atoms with Crippen LogP contribution >= 0.6 is 0 Å². The third-order valence-corrected chi connectivity index (χ3v) is 2.54. The summed E-state index contributed by atoms with van der Waals surface area (Å²) in [5, 5.41) is 3.40. The minimum absolute atomic E-state index is 0.112. The maximum absolute atomic E-state index is 11.7. The fraction of sp³-hybridized carbons (Fsp3) is 0.462. The molecule has 0 N–H and O–H groups in total. The fourth-order valence-electron chi connectivity index (χ4n) is 1.65. The predicted octanol–water partition coefficient (Wildman–Crippen LogP) is 3.91. The van der Waals surface area contributed by atoms with Crippen molar-refractivity contribution < 1.29 is 4.79 Å². The number of aryl methyl sites for hydroxylation is 1. The van der Waals surface area contributed by atoms with Crippen molar-refractivity contribution in [2.75, 3.05) is 6.54 Å². The van der Waals surface area contributed by atoms with E-state index < -0.39 is 0 Å². The van der Waals surface area contributed by atoms with Crippen molar-refractivity contribution in [2.24, 2.45) is 5.11 Å². The van der Waals surface area contributed by atoms with Crippen molar-refractivity contribution >= 4 is 5.78 Å². The lowest BCUT2D eigenvalue weighted by Gasteiger charge is -2.02. The van der Waals surface area contributed by atoms with Crippen molar-refractivity contribution in [3.05, 3.63) is 45.8 Å². The van der Waals surface area contributed by atoms with E-state index >= 15 is 0 Å². The molecule has 1 rings (SSSR count). The Morgan fingerprint density at radius 2 is 2.06 bits per heavy atom. The lowest BCUT2D eigenvalue weighted by atomic mass is 10.0. The molecule has 0 spiro atoms. The zero-order chi connectivity index (χ0) is 12.5. The summed E-state index contributed by atoms with van der Waals surface area (Å²) in [5.74, 6) is 0.112. The number of carbonyl (C=O) groups is 1. The van der Waals surface area contributed by atoms with Crippen molar-refractivity contribution in [3.8, 4) is 0 Å². The molecular weight excluding hydrogens is 214 g/mol. The third-order valence-electron chi connectivity index (χ3n) is 2.54. The number of nitrogens with zero attached hydrogens (tertiary/aromatic N) is 3. The Bertz CT molecular complexity index is 405. The molecule has 4 nitrogen and oxygen atoms in total. The number of benzene rings is 1. The molecule has 17 heavy (non-hydrogen) atoms. The first-order valence-corrected chi connectivity index (χ1v) is 5.91. The van der Waals surface area contributed by atoms with Gasteiger partial charge >= 0.3 is 0 Å². The van der Waals surface area contributed by atoms with Gasteiger partial charge in [-0.05, 0) is 23.9 Å². The highest BCUT2D eigenvalue weighted by molar-refractivity contribution is 5.96. The maximum Gasteiger partial charge on any atom is 0.162 e. The minimum atomic E-state index is 0.112. The number of ketones is 1. The summed E-state index contributed by atoms with van der Waals surface area (Å²) >= 11 is 0. The first-order chi connectivity index (χ1) is 8.27. The standard InChI is InChI=1S/C13H17N3O/c1-2-4-11-6-8-12(9-7-11)13(17)5-3-10-15-16-14/h6-9H,2-5,10H2,1H3. The molecule has 1 aromatic rings. The van der Waals surface area contributed by atoms with Crippen LogP contribution in [-0.4, -0.2) is 12.3 Å². The van der Waals surface area contributed by atoms with Gasteiger partial charge in [0.25, 0.3) is 0 Å². The van der Waals surface area contributed by atoms with E-state index in [1.165, 1.54) is 5.56 Å². The average Bonchev–Trinajstić information content (AvgIpc) is 2.36. The second-order valence-electron chi connectivity index (χ2n) is 3.93. The fourth-order valence-corrected chi connectivity index (χ4v) is 1.65. The van der Waals surface area contributed by atoms with E-state index in [4.69, 9.17) is 5.53 Å². The summed E-state index contributed by atoms with van der Waals surface area (Å²) in [7, 11) is 0. The van der Waals surface area contributed by atoms with Crippen LogP contribution in [0, 0.1) is 0 Å². The number of hydrogen-bond acceptors (Lipinski definition) is 2. The van der Waals surface area contributed by atoms with Crippen molar-refractivity contribution in [2.45, 2.75) is 32.6 Å². The molecule has 0 bridgehead atoms. The van der Waals surface area contributed by atoms with Gasteiger partial charge in [-0.15, -0.1) is 0 Å². The molecule has 0 aromatic heterocycles. The molecular formula is C13H17N3O. The summed E-state index contributed by atoms with van der Waals surface area (Å²) in [6, 6.07) is 7.76. The third kappa shape index (κ3) is 4.70. The summed E-state index contributed by atoms with van der Waals surface area (Å²) in [5.41, 5.74) is 10.1. The van der Waals surface area contributed by atoms with Gasteiger partial charge in [0.15, 0.2) is 5.78 Å². The van der Waals surface area contributed by atoms with Crippen molar-refractivity contribution in [1.29, 1.82) is 0 Å². The normalized spacial score (nSPS) is 9.71. The number of rotatable bonds is 7. The van der Waals surface area contributed by atoms with Crippen LogP contribution < -0.4 is 0 Å². The van der Waals surface area contributed by atoms with E-state index in [-0.39, 0.29) is 5.78 Å². The Morgan fingerprint density at radius 3 is 2.65 bits per heavy atom. The first-order valence-electron chi connectivity index (χ1n) is 5.91. The van der Waals surface area contributed by atoms with Crippen LogP contribution in [0.15, 0.2) is 29.4 Å². The topological polar surface area (TPSA) is 65.8 Å². The summed E-state index contributed by atoms with van der Waals surface area (Å²) in [4.78, 5) is 14.4. The molecule has 0 amide bonds. The van der Waals surface area contributed by atoms with Gasteiger partial charge in [0.2, 0.25) is 0 Å². The predicted molar refractivity (Wildman–Crippen MR) is 68.0 cm³/mol. The van der Waals surface area contributed by atoms with Crippen LogP contribution in [0.1, 0.15) is 42.1 Å². The van der Waals surface area contributed by atoms with Gasteiger partial charge in [-0.2, -0.15) is 0 Å². The van der Waals surface area contributed by atoms with Gasteiger partial charge in [-0.25, -0.2) is 0 Å². The first kappa shape index (κ1) is 13.3.